The summed E-state index contributed by atoms with van der Waals surface area (Å²) >= 11 is 0. The number of carboxylic acids is 1. The molecule has 1 aromatic rings. The van der Waals surface area contributed by atoms with E-state index in [0.29, 0.717) is 18.6 Å². The molecule has 96 valence electrons. The van der Waals surface area contributed by atoms with Crippen molar-refractivity contribution in [2.24, 2.45) is 5.92 Å². The van der Waals surface area contributed by atoms with Crippen LogP contribution in [0.5, 0.6) is 0 Å². The van der Waals surface area contributed by atoms with Crippen molar-refractivity contribution in [2.45, 2.75) is 19.1 Å². The third-order valence-corrected chi connectivity index (χ3v) is 3.14. The van der Waals surface area contributed by atoms with Gasteiger partial charge in [-0.1, -0.05) is 36.4 Å². The molecule has 1 aliphatic rings. The van der Waals surface area contributed by atoms with Crippen LogP contribution in [-0.2, 0) is 16.1 Å². The van der Waals surface area contributed by atoms with E-state index in [-0.39, 0.29) is 12.7 Å². The lowest BCUT2D eigenvalue weighted by atomic mass is 10.00. The van der Waals surface area contributed by atoms with Gasteiger partial charge in [0.1, 0.15) is 5.92 Å². The number of aliphatic carboxylic acids is 1. The summed E-state index contributed by atoms with van der Waals surface area (Å²) in [5, 5.41) is 18.3. The Morgan fingerprint density at radius 2 is 2.06 bits per heavy atom. The summed E-state index contributed by atoms with van der Waals surface area (Å²) in [6, 6.07) is 9.62. The first-order valence-electron chi connectivity index (χ1n) is 5.90. The van der Waals surface area contributed by atoms with E-state index in [1.54, 1.807) is 6.08 Å². The molecule has 0 spiro atoms. The Bertz CT molecular complexity index is 438. The molecule has 18 heavy (non-hydrogen) atoms. The topological polar surface area (TPSA) is 66.8 Å². The minimum absolute atomic E-state index is 0.220. The minimum Gasteiger partial charge on any atom is -0.481 e. The molecule has 4 nitrogen and oxygen atoms in total. The van der Waals surface area contributed by atoms with E-state index in [2.05, 4.69) is 0 Å². The van der Waals surface area contributed by atoms with Gasteiger partial charge in [-0.25, -0.2) is 0 Å². The minimum atomic E-state index is -0.939. The Kier molecular flexibility index (Phi) is 4.12. The monoisotopic (exact) mass is 248 g/mol. The van der Waals surface area contributed by atoms with Crippen molar-refractivity contribution < 1.29 is 19.7 Å². The number of aliphatic hydroxyl groups is 1. The Hall–Kier alpha value is -1.65. The lowest BCUT2D eigenvalue weighted by molar-refractivity contribution is -0.145. The molecular weight excluding hydrogens is 232 g/mol. The smallest absolute Gasteiger partial charge is 0.313 e. The molecule has 2 rings (SSSR count). The van der Waals surface area contributed by atoms with Crippen molar-refractivity contribution >= 4 is 5.97 Å². The fraction of sp³-hybridized carbons (Fsp3) is 0.357. The highest BCUT2D eigenvalue weighted by molar-refractivity contribution is 5.75. The largest absolute Gasteiger partial charge is 0.481 e. The van der Waals surface area contributed by atoms with Crippen LogP contribution in [0.3, 0.4) is 0 Å². The molecule has 0 bridgehead atoms. The summed E-state index contributed by atoms with van der Waals surface area (Å²) in [7, 11) is 0. The van der Waals surface area contributed by atoms with E-state index < -0.39 is 11.9 Å². The summed E-state index contributed by atoms with van der Waals surface area (Å²) in [4.78, 5) is 11.2. The molecule has 0 aliphatic heterocycles. The van der Waals surface area contributed by atoms with Gasteiger partial charge in [-0.3, -0.25) is 4.79 Å². The first-order chi connectivity index (χ1) is 8.72. The van der Waals surface area contributed by atoms with Crippen molar-refractivity contribution in [3.8, 4) is 0 Å². The average Bonchev–Trinajstić information content (AvgIpc) is 2.80. The van der Waals surface area contributed by atoms with Crippen LogP contribution in [0.25, 0.3) is 0 Å². The molecule has 0 aromatic heterocycles. The zero-order chi connectivity index (χ0) is 13.0. The second-order valence-electron chi connectivity index (χ2n) is 4.32. The molecule has 0 radical (unpaired) electrons. The van der Waals surface area contributed by atoms with Crippen molar-refractivity contribution in [2.75, 3.05) is 6.61 Å². The fourth-order valence-corrected chi connectivity index (χ4v) is 2.19. The lowest BCUT2D eigenvalue weighted by Gasteiger charge is -2.19. The number of benzene rings is 1. The van der Waals surface area contributed by atoms with Gasteiger partial charge in [0.25, 0.3) is 0 Å². The first-order valence-corrected chi connectivity index (χ1v) is 5.90. The van der Waals surface area contributed by atoms with Crippen LogP contribution in [0, 0.1) is 5.92 Å². The van der Waals surface area contributed by atoms with E-state index >= 15 is 0 Å². The SMILES string of the molecule is O=C(O)[C@@H]1C(CO)=CC[C@@H]1OCc1ccccc1. The van der Waals surface area contributed by atoms with Gasteiger partial charge in [0.2, 0.25) is 0 Å². The lowest BCUT2D eigenvalue weighted by Crippen LogP contribution is -2.29. The molecule has 0 amide bonds. The number of ether oxygens (including phenoxy) is 1. The van der Waals surface area contributed by atoms with Gasteiger partial charge in [-0.2, -0.15) is 0 Å². The van der Waals surface area contributed by atoms with E-state index in [1.165, 1.54) is 0 Å². The molecule has 2 N–H and O–H groups in total. The molecule has 4 heteroatoms. The highest BCUT2D eigenvalue weighted by Gasteiger charge is 2.35. The molecule has 2 atom stereocenters. The molecule has 0 heterocycles. The summed E-state index contributed by atoms with van der Waals surface area (Å²) in [5.41, 5.74) is 1.56. The standard InChI is InChI=1S/C14H16O4/c15-8-11-6-7-12(13(11)14(16)17)18-9-10-4-2-1-3-5-10/h1-6,12-13,15H,7-9H2,(H,16,17)/t12-,13+/m0/s1. The molecule has 0 fully saturated rings. The maximum Gasteiger partial charge on any atom is 0.313 e. The van der Waals surface area contributed by atoms with Crippen LogP contribution in [0.4, 0.5) is 0 Å². The molecule has 1 aliphatic carbocycles. The van der Waals surface area contributed by atoms with Crippen LogP contribution in [0.2, 0.25) is 0 Å². The predicted octanol–water partition coefficient (Wildman–Crippen LogP) is 1.59. The van der Waals surface area contributed by atoms with Crippen molar-refractivity contribution in [1.29, 1.82) is 0 Å². The molecular formula is C14H16O4. The Balaban J connectivity index is 1.96. The number of aliphatic hydroxyl groups excluding tert-OH is 1. The third-order valence-electron chi connectivity index (χ3n) is 3.14. The summed E-state index contributed by atoms with van der Waals surface area (Å²) < 4.78 is 5.65. The van der Waals surface area contributed by atoms with E-state index in [0.717, 1.165) is 5.56 Å². The van der Waals surface area contributed by atoms with Gasteiger partial charge in [0, 0.05) is 0 Å². The first kappa shape index (κ1) is 12.8. The Morgan fingerprint density at radius 3 is 2.67 bits per heavy atom. The van der Waals surface area contributed by atoms with E-state index in [4.69, 9.17) is 14.9 Å². The normalized spacial score (nSPS) is 22.8. The van der Waals surface area contributed by atoms with Crippen molar-refractivity contribution in [1.82, 2.24) is 0 Å². The van der Waals surface area contributed by atoms with E-state index in [9.17, 15) is 4.79 Å². The zero-order valence-corrected chi connectivity index (χ0v) is 9.95. The van der Waals surface area contributed by atoms with Gasteiger partial charge in [0.05, 0.1) is 19.3 Å². The highest BCUT2D eigenvalue weighted by atomic mass is 16.5. The summed E-state index contributed by atoms with van der Waals surface area (Å²) in [6.07, 6.45) is 1.92. The van der Waals surface area contributed by atoms with Crippen LogP contribution < -0.4 is 0 Å². The summed E-state index contributed by atoms with van der Waals surface area (Å²) in [6.45, 7) is 0.171. The van der Waals surface area contributed by atoms with Gasteiger partial charge in [-0.05, 0) is 17.6 Å². The Labute approximate surface area is 106 Å². The number of hydrogen-bond donors (Lipinski definition) is 2. The summed E-state index contributed by atoms with van der Waals surface area (Å²) in [5.74, 6) is -1.66. The van der Waals surface area contributed by atoms with Crippen molar-refractivity contribution in [3.05, 3.63) is 47.5 Å². The quantitative estimate of drug-likeness (QED) is 0.777. The number of rotatable bonds is 5. The van der Waals surface area contributed by atoms with Gasteiger partial charge in [-0.15, -0.1) is 0 Å². The van der Waals surface area contributed by atoms with Crippen molar-refractivity contribution in [3.63, 3.8) is 0 Å². The second-order valence-corrected chi connectivity index (χ2v) is 4.32. The third kappa shape index (κ3) is 2.78. The number of carbonyl (C=O) groups is 1. The van der Waals surface area contributed by atoms with Crippen LogP contribution in [0.1, 0.15) is 12.0 Å². The maximum atomic E-state index is 11.2. The molecule has 0 saturated heterocycles. The number of hydrogen-bond acceptors (Lipinski definition) is 3. The maximum absolute atomic E-state index is 11.2. The van der Waals surface area contributed by atoms with Crippen LogP contribution in [-0.4, -0.2) is 28.9 Å². The number of carboxylic acid groups (broad SMARTS) is 1. The van der Waals surface area contributed by atoms with Crippen LogP contribution >= 0.6 is 0 Å². The molecule has 0 saturated carbocycles. The van der Waals surface area contributed by atoms with Gasteiger partial charge >= 0.3 is 5.97 Å². The average molecular weight is 248 g/mol. The highest BCUT2D eigenvalue weighted by Crippen LogP contribution is 2.29. The molecule has 0 unspecified atom stereocenters. The zero-order valence-electron chi connectivity index (χ0n) is 9.95. The van der Waals surface area contributed by atoms with E-state index in [1.807, 2.05) is 30.3 Å². The predicted molar refractivity (Wildman–Crippen MR) is 65.9 cm³/mol. The van der Waals surface area contributed by atoms with Gasteiger partial charge < -0.3 is 14.9 Å². The fourth-order valence-electron chi connectivity index (χ4n) is 2.19. The molecule has 1 aromatic carbocycles. The Morgan fingerprint density at radius 1 is 1.33 bits per heavy atom. The van der Waals surface area contributed by atoms with Crippen LogP contribution in [0.15, 0.2) is 42.0 Å². The van der Waals surface area contributed by atoms with Gasteiger partial charge in [0.15, 0.2) is 0 Å². The second kappa shape index (κ2) is 5.80.